The van der Waals surface area contributed by atoms with E-state index in [1.54, 1.807) is 12.1 Å². The third kappa shape index (κ3) is 6.05. The molecule has 0 spiro atoms. The van der Waals surface area contributed by atoms with Crippen molar-refractivity contribution in [1.29, 1.82) is 0 Å². The van der Waals surface area contributed by atoms with E-state index in [2.05, 4.69) is 25.7 Å². The van der Waals surface area contributed by atoms with Crippen LogP contribution in [0.3, 0.4) is 0 Å². The van der Waals surface area contributed by atoms with Gasteiger partial charge in [-0.15, -0.1) is 10.2 Å². The van der Waals surface area contributed by atoms with Crippen LogP contribution in [0.25, 0.3) is 0 Å². The van der Waals surface area contributed by atoms with E-state index in [0.717, 1.165) is 42.7 Å². The molecular formula is C19H26FN5OS. The fourth-order valence-corrected chi connectivity index (χ4v) is 4.04. The Morgan fingerprint density at radius 3 is 2.70 bits per heavy atom. The second kappa shape index (κ2) is 9.87. The zero-order valence-corrected chi connectivity index (χ0v) is 16.4. The molecule has 8 heteroatoms. The van der Waals surface area contributed by atoms with Crippen LogP contribution in [0.5, 0.6) is 0 Å². The lowest BCUT2D eigenvalue weighted by atomic mass is 9.93. The number of carbonyl (C=O) groups excluding carboxylic acids is 1. The summed E-state index contributed by atoms with van der Waals surface area (Å²) < 4.78 is 12.9. The number of rotatable bonds is 8. The fourth-order valence-electron chi connectivity index (χ4n) is 3.24. The number of benzene rings is 1. The van der Waals surface area contributed by atoms with Crippen molar-refractivity contribution in [3.63, 3.8) is 0 Å². The first-order chi connectivity index (χ1) is 13.1. The summed E-state index contributed by atoms with van der Waals surface area (Å²) in [5.74, 6) is 0.273. The third-order valence-electron chi connectivity index (χ3n) is 4.90. The molecular weight excluding hydrogens is 365 g/mol. The summed E-state index contributed by atoms with van der Waals surface area (Å²) in [4.78, 5) is 14.6. The molecule has 1 aromatic heterocycles. The van der Waals surface area contributed by atoms with Crippen LogP contribution in [0.2, 0.25) is 0 Å². The van der Waals surface area contributed by atoms with E-state index in [1.807, 2.05) is 7.05 Å². The lowest BCUT2D eigenvalue weighted by Gasteiger charge is -2.31. The molecule has 1 amide bonds. The number of nitrogens with one attached hydrogen (secondary N) is 2. The van der Waals surface area contributed by atoms with Gasteiger partial charge >= 0.3 is 0 Å². The normalized spacial score (nSPS) is 15.8. The van der Waals surface area contributed by atoms with Crippen LogP contribution >= 0.6 is 11.3 Å². The minimum atomic E-state index is -0.287. The predicted molar refractivity (Wildman–Crippen MR) is 104 cm³/mol. The molecule has 6 nitrogen and oxygen atoms in total. The van der Waals surface area contributed by atoms with Gasteiger partial charge in [0.05, 0.1) is 6.54 Å². The Bertz CT molecular complexity index is 728. The summed E-state index contributed by atoms with van der Waals surface area (Å²) in [5.41, 5.74) is 0.843. The van der Waals surface area contributed by atoms with Gasteiger partial charge in [0.2, 0.25) is 5.01 Å². The van der Waals surface area contributed by atoms with Gasteiger partial charge in [0, 0.05) is 6.54 Å². The lowest BCUT2D eigenvalue weighted by molar-refractivity contribution is 0.0950. The highest BCUT2D eigenvalue weighted by atomic mass is 32.1. The Morgan fingerprint density at radius 2 is 2.00 bits per heavy atom. The molecule has 2 aromatic rings. The van der Waals surface area contributed by atoms with Crippen molar-refractivity contribution >= 4 is 17.2 Å². The number of hydrogen-bond acceptors (Lipinski definition) is 6. The van der Waals surface area contributed by atoms with Crippen molar-refractivity contribution in [2.45, 2.75) is 32.4 Å². The lowest BCUT2D eigenvalue weighted by Crippen LogP contribution is -2.34. The second-order valence-corrected chi connectivity index (χ2v) is 7.98. The Labute approximate surface area is 163 Å². The highest BCUT2D eigenvalue weighted by Crippen LogP contribution is 2.22. The number of piperidine rings is 1. The summed E-state index contributed by atoms with van der Waals surface area (Å²) in [6, 6.07) is 6.07. The van der Waals surface area contributed by atoms with Crippen LogP contribution < -0.4 is 10.6 Å². The first kappa shape index (κ1) is 19.9. The molecule has 2 N–H and O–H groups in total. The van der Waals surface area contributed by atoms with Gasteiger partial charge in [0.1, 0.15) is 10.8 Å². The summed E-state index contributed by atoms with van der Waals surface area (Å²) >= 11 is 1.34. The van der Waals surface area contributed by atoms with Crippen LogP contribution in [0, 0.1) is 11.7 Å². The molecule has 2 heterocycles. The topological polar surface area (TPSA) is 70.1 Å². The first-order valence-electron chi connectivity index (χ1n) is 9.36. The van der Waals surface area contributed by atoms with E-state index < -0.39 is 0 Å². The summed E-state index contributed by atoms with van der Waals surface area (Å²) in [6.45, 7) is 4.31. The molecule has 3 rings (SSSR count). The SMILES string of the molecule is CNCCC1CCN(Cc2nnc(C(=O)NCc3ccc(F)cc3)s2)CC1. The third-order valence-corrected chi connectivity index (χ3v) is 5.80. The molecule has 0 unspecified atom stereocenters. The van der Waals surface area contributed by atoms with Gasteiger partial charge in [-0.25, -0.2) is 4.39 Å². The molecule has 0 saturated carbocycles. The monoisotopic (exact) mass is 391 g/mol. The number of amides is 1. The van der Waals surface area contributed by atoms with Crippen LogP contribution in [0.15, 0.2) is 24.3 Å². The van der Waals surface area contributed by atoms with Crippen molar-refractivity contribution in [2.75, 3.05) is 26.7 Å². The quantitative estimate of drug-likeness (QED) is 0.723. The van der Waals surface area contributed by atoms with Gasteiger partial charge in [0.25, 0.3) is 5.91 Å². The minimum Gasteiger partial charge on any atom is -0.346 e. The molecule has 1 aromatic carbocycles. The standard InChI is InChI=1S/C19H26FN5OS/c1-21-9-6-14-7-10-25(11-8-14)13-17-23-24-19(27-17)18(26)22-12-15-2-4-16(20)5-3-15/h2-5,14,21H,6-13H2,1H3,(H,22,26). The van der Waals surface area contributed by atoms with Crippen molar-refractivity contribution in [3.05, 3.63) is 45.7 Å². The molecule has 27 heavy (non-hydrogen) atoms. The zero-order chi connectivity index (χ0) is 19.1. The molecule has 0 atom stereocenters. The van der Waals surface area contributed by atoms with Crippen LogP contribution in [-0.2, 0) is 13.1 Å². The Kier molecular flexibility index (Phi) is 7.25. The van der Waals surface area contributed by atoms with Gasteiger partial charge in [-0.3, -0.25) is 9.69 Å². The predicted octanol–water partition coefficient (Wildman–Crippen LogP) is 2.43. The fraction of sp³-hybridized carbons (Fsp3) is 0.526. The molecule has 1 fully saturated rings. The Balaban J connectivity index is 1.44. The van der Waals surface area contributed by atoms with E-state index in [4.69, 9.17) is 0 Å². The van der Waals surface area contributed by atoms with Gasteiger partial charge in [-0.2, -0.15) is 0 Å². The molecule has 1 aliphatic heterocycles. The maximum Gasteiger partial charge on any atom is 0.282 e. The number of aromatic nitrogens is 2. The Morgan fingerprint density at radius 1 is 1.26 bits per heavy atom. The largest absolute Gasteiger partial charge is 0.346 e. The Hall–Kier alpha value is -1.90. The maximum absolute atomic E-state index is 12.9. The number of hydrogen-bond donors (Lipinski definition) is 2. The molecule has 1 aliphatic rings. The maximum atomic E-state index is 12.9. The number of carbonyl (C=O) groups is 1. The van der Waals surface area contributed by atoms with Gasteiger partial charge in [-0.1, -0.05) is 23.5 Å². The van der Waals surface area contributed by atoms with Crippen molar-refractivity contribution in [3.8, 4) is 0 Å². The van der Waals surface area contributed by atoms with Crippen LogP contribution in [-0.4, -0.2) is 47.7 Å². The molecule has 0 aliphatic carbocycles. The zero-order valence-electron chi connectivity index (χ0n) is 15.6. The van der Waals surface area contributed by atoms with E-state index in [9.17, 15) is 9.18 Å². The summed E-state index contributed by atoms with van der Waals surface area (Å²) in [6.07, 6.45) is 3.67. The highest BCUT2D eigenvalue weighted by molar-refractivity contribution is 7.13. The summed E-state index contributed by atoms with van der Waals surface area (Å²) in [7, 11) is 2.00. The number of halogens is 1. The van der Waals surface area contributed by atoms with Crippen LogP contribution in [0.4, 0.5) is 4.39 Å². The van der Waals surface area contributed by atoms with Gasteiger partial charge in [0.15, 0.2) is 0 Å². The van der Waals surface area contributed by atoms with E-state index in [1.165, 1.54) is 42.7 Å². The number of nitrogens with zero attached hydrogens (tertiary/aromatic N) is 3. The molecule has 1 saturated heterocycles. The average Bonchev–Trinajstić information content (AvgIpc) is 3.15. The van der Waals surface area contributed by atoms with Gasteiger partial charge < -0.3 is 10.6 Å². The van der Waals surface area contributed by atoms with E-state index >= 15 is 0 Å². The highest BCUT2D eigenvalue weighted by Gasteiger charge is 2.21. The molecule has 146 valence electrons. The average molecular weight is 392 g/mol. The van der Waals surface area contributed by atoms with E-state index in [0.29, 0.717) is 11.6 Å². The van der Waals surface area contributed by atoms with Crippen molar-refractivity contribution < 1.29 is 9.18 Å². The summed E-state index contributed by atoms with van der Waals surface area (Å²) in [5, 5.41) is 15.5. The van der Waals surface area contributed by atoms with E-state index in [-0.39, 0.29) is 11.7 Å². The molecule has 0 radical (unpaired) electrons. The minimum absolute atomic E-state index is 0.242. The second-order valence-electron chi connectivity index (χ2n) is 6.92. The number of likely N-dealkylation sites (tertiary alicyclic amines) is 1. The molecule has 0 bridgehead atoms. The van der Waals surface area contributed by atoms with Crippen LogP contribution in [0.1, 0.15) is 39.6 Å². The van der Waals surface area contributed by atoms with Gasteiger partial charge in [-0.05, 0) is 69.6 Å². The van der Waals surface area contributed by atoms with Crippen molar-refractivity contribution in [2.24, 2.45) is 5.92 Å². The van der Waals surface area contributed by atoms with Crippen molar-refractivity contribution in [1.82, 2.24) is 25.7 Å². The smallest absolute Gasteiger partial charge is 0.282 e. The first-order valence-corrected chi connectivity index (χ1v) is 10.2.